The lowest BCUT2D eigenvalue weighted by Gasteiger charge is -2.26. The summed E-state index contributed by atoms with van der Waals surface area (Å²) in [6, 6.07) is 12.1. The first-order chi connectivity index (χ1) is 19.2. The zero-order chi connectivity index (χ0) is 27.0. The minimum absolute atomic E-state index is 0.255. The number of nitrogens with one attached hydrogen (secondary N) is 2. The van der Waals surface area contributed by atoms with Crippen LogP contribution in [-0.2, 0) is 13.1 Å². The highest BCUT2D eigenvalue weighted by molar-refractivity contribution is 6.11. The molecular weight excluding hydrogens is 486 g/mol. The van der Waals surface area contributed by atoms with Crippen LogP contribution < -0.4 is 5.32 Å². The molecule has 0 atom stereocenters. The molecule has 0 spiro atoms. The van der Waals surface area contributed by atoms with E-state index in [-0.39, 0.29) is 5.91 Å². The van der Waals surface area contributed by atoms with E-state index in [1.54, 1.807) is 6.20 Å². The Morgan fingerprint density at radius 1 is 0.846 bits per heavy atom. The number of pyridine rings is 2. The lowest BCUT2D eigenvalue weighted by molar-refractivity contribution is 0.102. The third kappa shape index (κ3) is 6.69. The molecular formula is C31H39N7O. The first-order valence-corrected chi connectivity index (χ1v) is 14.3. The number of likely N-dealkylation sites (tertiary alicyclic amines) is 2. The summed E-state index contributed by atoms with van der Waals surface area (Å²) in [4.78, 5) is 27.1. The van der Waals surface area contributed by atoms with Crippen molar-refractivity contribution >= 4 is 22.5 Å². The number of carbonyl (C=O) groups is 1. The molecule has 204 valence electrons. The molecule has 1 amide bonds. The highest BCUT2D eigenvalue weighted by Gasteiger charge is 2.17. The number of H-pyrrole nitrogens is 1. The third-order valence-electron chi connectivity index (χ3n) is 7.43. The summed E-state index contributed by atoms with van der Waals surface area (Å²) in [5.74, 6) is -0.255. The quantitative estimate of drug-likeness (QED) is 0.313. The Balaban J connectivity index is 0.00000151. The lowest BCUT2D eigenvalue weighted by atomic mass is 10.0. The standard InChI is InChI=1S/C29H33N7O.C2H6/c37-29(32-24-7-8-25(31-18-24)20-36-12-4-5-13-36)28-26-15-22(6-9-27(26)33-34-28)23-14-21(16-30-17-23)19-35-10-2-1-3-11-35;1-2/h6-9,14-18H,1-5,10-13,19-20H2,(H,32,37)(H,33,34);1-2H3. The third-order valence-corrected chi connectivity index (χ3v) is 7.43. The molecule has 39 heavy (non-hydrogen) atoms. The normalized spacial score (nSPS) is 16.2. The zero-order valence-electron chi connectivity index (χ0n) is 23.1. The van der Waals surface area contributed by atoms with Crippen LogP contribution in [0.5, 0.6) is 0 Å². The van der Waals surface area contributed by atoms with Gasteiger partial charge in [0.05, 0.1) is 23.1 Å². The molecule has 2 fully saturated rings. The average molecular weight is 526 g/mol. The topological polar surface area (TPSA) is 90.0 Å². The van der Waals surface area contributed by atoms with Crippen LogP contribution in [0.3, 0.4) is 0 Å². The SMILES string of the molecule is CC.O=C(Nc1ccc(CN2CCCC2)nc1)c1n[nH]c2ccc(-c3cncc(CN4CCCCC4)c3)cc12. The second-order valence-electron chi connectivity index (χ2n) is 10.2. The number of hydrogen-bond acceptors (Lipinski definition) is 6. The molecule has 5 heterocycles. The monoisotopic (exact) mass is 525 g/mol. The number of rotatable bonds is 7. The van der Waals surface area contributed by atoms with E-state index in [0.29, 0.717) is 11.4 Å². The maximum atomic E-state index is 13.1. The Morgan fingerprint density at radius 3 is 2.33 bits per heavy atom. The molecule has 0 bridgehead atoms. The Kier molecular flexibility index (Phi) is 8.96. The van der Waals surface area contributed by atoms with Gasteiger partial charge in [-0.15, -0.1) is 0 Å². The van der Waals surface area contributed by atoms with Crippen molar-refractivity contribution in [2.45, 2.75) is 59.0 Å². The summed E-state index contributed by atoms with van der Waals surface area (Å²) in [5, 5.41) is 11.1. The molecule has 4 aromatic rings. The molecule has 2 aliphatic rings. The Hall–Kier alpha value is -3.62. The van der Waals surface area contributed by atoms with Gasteiger partial charge in [-0.3, -0.25) is 29.7 Å². The van der Waals surface area contributed by atoms with Crippen molar-refractivity contribution in [1.82, 2.24) is 30.0 Å². The van der Waals surface area contributed by atoms with Crippen LogP contribution in [0.25, 0.3) is 22.0 Å². The smallest absolute Gasteiger partial charge is 0.276 e. The summed E-state index contributed by atoms with van der Waals surface area (Å²) in [5.41, 5.74) is 6.15. The van der Waals surface area contributed by atoms with Crippen LogP contribution >= 0.6 is 0 Å². The fourth-order valence-corrected chi connectivity index (χ4v) is 5.43. The van der Waals surface area contributed by atoms with E-state index >= 15 is 0 Å². The first kappa shape index (κ1) is 27.0. The molecule has 0 radical (unpaired) electrons. The number of carbonyl (C=O) groups excluding carboxylic acids is 1. The van der Waals surface area contributed by atoms with Crippen molar-refractivity contribution in [3.05, 3.63) is 71.9 Å². The van der Waals surface area contributed by atoms with Gasteiger partial charge in [0.25, 0.3) is 5.91 Å². The molecule has 2 N–H and O–H groups in total. The summed E-state index contributed by atoms with van der Waals surface area (Å²) >= 11 is 0. The average Bonchev–Trinajstić information content (AvgIpc) is 3.66. The van der Waals surface area contributed by atoms with E-state index in [1.807, 2.05) is 56.6 Å². The minimum atomic E-state index is -0.255. The van der Waals surface area contributed by atoms with E-state index in [2.05, 4.69) is 41.3 Å². The molecule has 0 unspecified atom stereocenters. The zero-order valence-corrected chi connectivity index (χ0v) is 23.1. The number of nitrogens with zero attached hydrogens (tertiary/aromatic N) is 5. The summed E-state index contributed by atoms with van der Waals surface area (Å²) in [6.07, 6.45) is 12.0. The fourth-order valence-electron chi connectivity index (χ4n) is 5.43. The predicted octanol–water partition coefficient (Wildman–Crippen LogP) is 5.88. The van der Waals surface area contributed by atoms with Gasteiger partial charge >= 0.3 is 0 Å². The van der Waals surface area contributed by atoms with Crippen LogP contribution in [0.2, 0.25) is 0 Å². The number of amides is 1. The summed E-state index contributed by atoms with van der Waals surface area (Å²) in [6.45, 7) is 10.4. The van der Waals surface area contributed by atoms with Gasteiger partial charge in [0.2, 0.25) is 0 Å². The molecule has 8 nitrogen and oxygen atoms in total. The van der Waals surface area contributed by atoms with Gasteiger partial charge in [0.1, 0.15) is 0 Å². The van der Waals surface area contributed by atoms with Crippen molar-refractivity contribution in [3.63, 3.8) is 0 Å². The van der Waals surface area contributed by atoms with Crippen molar-refractivity contribution < 1.29 is 4.79 Å². The number of aromatic amines is 1. The van der Waals surface area contributed by atoms with Crippen LogP contribution in [0.1, 0.15) is 67.7 Å². The van der Waals surface area contributed by atoms with Gasteiger partial charge in [-0.05, 0) is 93.3 Å². The van der Waals surface area contributed by atoms with Crippen molar-refractivity contribution in [1.29, 1.82) is 0 Å². The van der Waals surface area contributed by atoms with Crippen molar-refractivity contribution in [3.8, 4) is 11.1 Å². The number of benzene rings is 1. The summed E-state index contributed by atoms with van der Waals surface area (Å²) in [7, 11) is 0. The first-order valence-electron chi connectivity index (χ1n) is 14.3. The molecule has 0 aliphatic carbocycles. The van der Waals surface area contributed by atoms with Crippen LogP contribution in [0.15, 0.2) is 55.0 Å². The van der Waals surface area contributed by atoms with Crippen LogP contribution in [0, 0.1) is 0 Å². The highest BCUT2D eigenvalue weighted by Crippen LogP contribution is 2.27. The van der Waals surface area contributed by atoms with E-state index in [1.165, 1.54) is 37.7 Å². The minimum Gasteiger partial charge on any atom is -0.319 e. The number of fused-ring (bicyclic) bond motifs is 1. The van der Waals surface area contributed by atoms with Gasteiger partial charge in [-0.2, -0.15) is 5.10 Å². The fraction of sp³-hybridized carbons (Fsp3) is 0.419. The number of hydrogen-bond donors (Lipinski definition) is 2. The van der Waals surface area contributed by atoms with E-state index in [9.17, 15) is 4.79 Å². The predicted molar refractivity (Wildman–Crippen MR) is 157 cm³/mol. The Morgan fingerprint density at radius 2 is 1.59 bits per heavy atom. The molecule has 8 heteroatoms. The number of piperidine rings is 1. The van der Waals surface area contributed by atoms with E-state index in [4.69, 9.17) is 0 Å². The molecule has 1 aromatic carbocycles. The maximum Gasteiger partial charge on any atom is 0.276 e. The van der Waals surface area contributed by atoms with Crippen LogP contribution in [0.4, 0.5) is 5.69 Å². The largest absolute Gasteiger partial charge is 0.319 e. The van der Waals surface area contributed by atoms with Crippen molar-refractivity contribution in [2.75, 3.05) is 31.5 Å². The second-order valence-corrected chi connectivity index (χ2v) is 10.2. The molecule has 6 rings (SSSR count). The van der Waals surface area contributed by atoms with Gasteiger partial charge in [-0.1, -0.05) is 26.3 Å². The van der Waals surface area contributed by atoms with Crippen molar-refractivity contribution in [2.24, 2.45) is 0 Å². The van der Waals surface area contributed by atoms with E-state index < -0.39 is 0 Å². The van der Waals surface area contributed by atoms with Gasteiger partial charge < -0.3 is 5.32 Å². The lowest BCUT2D eigenvalue weighted by Crippen LogP contribution is -2.29. The maximum absolute atomic E-state index is 13.1. The molecule has 2 aliphatic heterocycles. The Bertz CT molecular complexity index is 1370. The Labute approximate surface area is 230 Å². The molecule has 0 saturated carbocycles. The molecule has 3 aromatic heterocycles. The summed E-state index contributed by atoms with van der Waals surface area (Å²) < 4.78 is 0. The van der Waals surface area contributed by atoms with Crippen LogP contribution in [-0.4, -0.2) is 62.1 Å². The second kappa shape index (κ2) is 13.0. The van der Waals surface area contributed by atoms with Gasteiger partial charge in [-0.25, -0.2) is 0 Å². The molecule has 2 saturated heterocycles. The van der Waals surface area contributed by atoms with E-state index in [0.717, 1.165) is 67.0 Å². The highest BCUT2D eigenvalue weighted by atomic mass is 16.1. The van der Waals surface area contributed by atoms with Gasteiger partial charge in [0, 0.05) is 36.4 Å². The number of anilines is 1. The number of aromatic nitrogens is 4. The van der Waals surface area contributed by atoms with Gasteiger partial charge in [0.15, 0.2) is 5.69 Å².